The molecule has 90 heavy (non-hydrogen) atoms. The molecule has 0 saturated carbocycles. The van der Waals surface area contributed by atoms with Gasteiger partial charge in [-0.3, -0.25) is 43.3 Å². The molecule has 0 radical (unpaired) electrons. The zero-order chi connectivity index (χ0) is 62.3. The van der Waals surface area contributed by atoms with Crippen molar-refractivity contribution in [2.24, 2.45) is 0 Å². The average molecular weight is 1190 g/mol. The summed E-state index contributed by atoms with van der Waals surface area (Å²) in [7, 11) is 1.40. The van der Waals surface area contributed by atoms with Gasteiger partial charge in [-0.25, -0.2) is 14.7 Å². The van der Waals surface area contributed by atoms with E-state index in [-0.39, 0.29) is 72.9 Å². The number of hydrogen-bond acceptors (Lipinski definition) is 12. The SMILES string of the molecule is Cc1ccc(Oc2ccc(C(C)(C)c3ccc(Oc4ccc(N5C(=O)c6ccc(Oc7ccc8c(c7)C(=O)N(c7ccc(Cc9ccc(N%10C(=O)c%11ccc(Oc%12ccc%13c(c%12)C(=O)N(C)C%13=O)cc%11C%10=O)cc9)cc7)C8=O)cc6C5=O)cc4)cc3)cc2)cc1. The van der Waals surface area contributed by atoms with Crippen LogP contribution in [-0.4, -0.2) is 59.2 Å². The lowest BCUT2D eigenvalue weighted by atomic mass is 9.78. The fourth-order valence-corrected chi connectivity index (χ4v) is 11.6. The van der Waals surface area contributed by atoms with E-state index in [1.54, 1.807) is 72.8 Å². The summed E-state index contributed by atoms with van der Waals surface area (Å²) in [6.45, 7) is 6.36. The zero-order valence-electron chi connectivity index (χ0n) is 48.7. The fourth-order valence-electron chi connectivity index (χ4n) is 11.6. The minimum absolute atomic E-state index is 0.129. The highest BCUT2D eigenvalue weighted by molar-refractivity contribution is 6.36. The molecule has 10 aromatic rings. The van der Waals surface area contributed by atoms with Crippen molar-refractivity contribution in [1.29, 1.82) is 0 Å². The van der Waals surface area contributed by atoms with Crippen molar-refractivity contribution >= 4 is 64.3 Å². The molecule has 8 amide bonds. The smallest absolute Gasteiger partial charge is 0.266 e. The average Bonchev–Trinajstić information content (AvgIpc) is 1.86. The second kappa shape index (κ2) is 21.7. The Morgan fingerprint density at radius 2 is 0.533 bits per heavy atom. The van der Waals surface area contributed by atoms with Crippen molar-refractivity contribution in [2.75, 3.05) is 21.7 Å². The predicted octanol–water partition coefficient (Wildman–Crippen LogP) is 14.7. The highest BCUT2D eigenvalue weighted by Gasteiger charge is 2.41. The van der Waals surface area contributed by atoms with Crippen molar-refractivity contribution in [3.8, 4) is 46.0 Å². The van der Waals surface area contributed by atoms with Gasteiger partial charge in [0.2, 0.25) is 0 Å². The van der Waals surface area contributed by atoms with Crippen molar-refractivity contribution in [3.63, 3.8) is 0 Å². The van der Waals surface area contributed by atoms with Gasteiger partial charge in [0, 0.05) is 12.5 Å². The second-order valence-corrected chi connectivity index (χ2v) is 22.7. The van der Waals surface area contributed by atoms with Crippen molar-refractivity contribution in [1.82, 2.24) is 4.90 Å². The highest BCUT2D eigenvalue weighted by atomic mass is 16.5. The number of imide groups is 4. The topological polar surface area (TPSA) is 186 Å². The third-order valence-corrected chi connectivity index (χ3v) is 16.6. The van der Waals surface area contributed by atoms with Gasteiger partial charge in [-0.2, -0.15) is 0 Å². The zero-order valence-corrected chi connectivity index (χ0v) is 48.7. The summed E-state index contributed by atoms with van der Waals surface area (Å²) in [6.07, 6.45) is 0.454. The Morgan fingerprint density at radius 1 is 0.289 bits per heavy atom. The van der Waals surface area contributed by atoms with Crippen LogP contribution in [0, 0.1) is 6.92 Å². The van der Waals surface area contributed by atoms with Gasteiger partial charge in [-0.15, -0.1) is 0 Å². The predicted molar refractivity (Wildman–Crippen MR) is 334 cm³/mol. The maximum atomic E-state index is 13.9. The number of carbonyl (C=O) groups is 8. The summed E-state index contributed by atoms with van der Waals surface area (Å²) in [6, 6.07) is 62.8. The molecule has 0 N–H and O–H groups in total. The van der Waals surface area contributed by atoms with Gasteiger partial charge in [0.15, 0.2) is 0 Å². The van der Waals surface area contributed by atoms with Crippen LogP contribution in [0.1, 0.15) is 125 Å². The molecule has 4 heterocycles. The molecule has 0 atom stereocenters. The molecule has 438 valence electrons. The summed E-state index contributed by atoms with van der Waals surface area (Å²) >= 11 is 0. The minimum Gasteiger partial charge on any atom is -0.457 e. The van der Waals surface area contributed by atoms with E-state index < -0.39 is 47.3 Å². The van der Waals surface area contributed by atoms with Gasteiger partial charge in [-0.05, 0) is 193 Å². The lowest BCUT2D eigenvalue weighted by Gasteiger charge is -2.26. The first kappa shape index (κ1) is 55.8. The molecule has 16 nitrogen and oxygen atoms in total. The number of anilines is 3. The molecule has 0 bridgehead atoms. The van der Waals surface area contributed by atoms with Gasteiger partial charge in [-0.1, -0.05) is 80.1 Å². The minimum atomic E-state index is -0.549. The fraction of sp³-hybridized carbons (Fsp3) is 0.0811. The first-order valence-corrected chi connectivity index (χ1v) is 28.8. The largest absolute Gasteiger partial charge is 0.457 e. The maximum Gasteiger partial charge on any atom is 0.266 e. The molecule has 0 spiro atoms. The molecule has 10 aromatic carbocycles. The Morgan fingerprint density at radius 3 is 0.878 bits per heavy atom. The number of carbonyl (C=O) groups excluding carboxylic acids is 8. The van der Waals surface area contributed by atoms with E-state index in [9.17, 15) is 38.4 Å². The van der Waals surface area contributed by atoms with E-state index in [0.29, 0.717) is 35.0 Å². The molecule has 14 rings (SSSR count). The number of nitrogens with zero attached hydrogens (tertiary/aromatic N) is 4. The van der Waals surface area contributed by atoms with Crippen molar-refractivity contribution in [2.45, 2.75) is 32.6 Å². The second-order valence-electron chi connectivity index (χ2n) is 22.7. The summed E-state index contributed by atoms with van der Waals surface area (Å²) in [5.41, 5.74) is 7.37. The highest BCUT2D eigenvalue weighted by Crippen LogP contribution is 2.40. The molecular weight excluding hydrogens is 1140 g/mol. The van der Waals surface area contributed by atoms with E-state index in [0.717, 1.165) is 53.4 Å². The lowest BCUT2D eigenvalue weighted by Crippen LogP contribution is -2.29. The van der Waals surface area contributed by atoms with Crippen LogP contribution in [0.15, 0.2) is 218 Å². The van der Waals surface area contributed by atoms with Crippen LogP contribution >= 0.6 is 0 Å². The molecule has 0 saturated heterocycles. The summed E-state index contributed by atoms with van der Waals surface area (Å²) in [5, 5.41) is 0. The Kier molecular flexibility index (Phi) is 13.5. The van der Waals surface area contributed by atoms with Crippen LogP contribution in [0.3, 0.4) is 0 Å². The van der Waals surface area contributed by atoms with Crippen LogP contribution in [0.5, 0.6) is 46.0 Å². The summed E-state index contributed by atoms with van der Waals surface area (Å²) < 4.78 is 24.3. The molecule has 16 heteroatoms. The van der Waals surface area contributed by atoms with Gasteiger partial charge < -0.3 is 18.9 Å². The normalized spacial score (nSPS) is 14.1. The lowest BCUT2D eigenvalue weighted by molar-refractivity contribution is 0.0690. The van der Waals surface area contributed by atoms with Crippen molar-refractivity contribution < 1.29 is 57.3 Å². The molecule has 0 unspecified atom stereocenters. The van der Waals surface area contributed by atoms with Crippen LogP contribution in [0.4, 0.5) is 17.1 Å². The summed E-state index contributed by atoms with van der Waals surface area (Å²) in [4.78, 5) is 112. The number of amides is 8. The number of rotatable bonds is 15. The van der Waals surface area contributed by atoms with E-state index in [2.05, 4.69) is 26.0 Å². The number of ether oxygens (including phenoxy) is 4. The first-order valence-electron chi connectivity index (χ1n) is 28.8. The maximum absolute atomic E-state index is 13.9. The van der Waals surface area contributed by atoms with Crippen LogP contribution in [0.25, 0.3) is 0 Å². The number of benzene rings is 10. The van der Waals surface area contributed by atoms with Crippen LogP contribution < -0.4 is 33.6 Å². The number of fused-ring (bicyclic) bond motifs is 4. The molecule has 4 aliphatic rings. The van der Waals surface area contributed by atoms with E-state index >= 15 is 0 Å². The Bertz CT molecular complexity index is 4710. The Balaban J connectivity index is 0.579. The third-order valence-electron chi connectivity index (χ3n) is 16.6. The summed E-state index contributed by atoms with van der Waals surface area (Å²) in [5.74, 6) is -0.285. The Hall–Kier alpha value is -12.0. The van der Waals surface area contributed by atoms with Crippen LogP contribution in [0.2, 0.25) is 0 Å². The van der Waals surface area contributed by atoms with Gasteiger partial charge in [0.1, 0.15) is 46.0 Å². The third kappa shape index (κ3) is 9.87. The van der Waals surface area contributed by atoms with Gasteiger partial charge >= 0.3 is 0 Å². The molecule has 0 aromatic heterocycles. The van der Waals surface area contributed by atoms with E-state index in [4.69, 9.17) is 18.9 Å². The quantitative estimate of drug-likeness (QED) is 0.0886. The molecule has 0 aliphatic carbocycles. The van der Waals surface area contributed by atoms with E-state index in [1.807, 2.05) is 91.9 Å². The monoisotopic (exact) mass is 1190 g/mol. The number of hydrogen-bond donors (Lipinski definition) is 0. The standard InChI is InChI=1S/C74H50N4O12/c1-42-5-21-50(22-6-42)87-51-23-11-45(12-24-51)74(2,3)46-13-25-52(26-14-46)88-53-27-19-49(20-28-53)78-70(83)61-36-32-57(41-65(61)73(78)86)90-56-31-35-60-64(40-56)72(85)77(69(60)82)48-17-9-44(10-18-48)37-43-7-15-47(16-8-43)76-68(81)59-34-30-55(39-63(59)71(76)84)89-54-29-33-58-62(38-54)67(80)75(4)66(58)79/h5-36,38-41H,37H2,1-4H3. The van der Waals surface area contributed by atoms with Gasteiger partial charge in [0.25, 0.3) is 47.3 Å². The van der Waals surface area contributed by atoms with E-state index in [1.165, 1.54) is 61.1 Å². The molecule has 4 aliphatic heterocycles. The number of aryl methyl sites for hydroxylation is 1. The first-order chi connectivity index (χ1) is 43.4. The van der Waals surface area contributed by atoms with Gasteiger partial charge in [0.05, 0.1) is 61.6 Å². The van der Waals surface area contributed by atoms with Crippen molar-refractivity contribution in [3.05, 3.63) is 291 Å². The molecule has 0 fully saturated rings. The Labute approximate surface area is 515 Å². The molecular formula is C74H50N4O12. The van der Waals surface area contributed by atoms with Crippen LogP contribution in [-0.2, 0) is 11.8 Å².